The van der Waals surface area contributed by atoms with Crippen molar-refractivity contribution < 1.29 is 4.74 Å². The Morgan fingerprint density at radius 3 is 2.73 bits per heavy atom. The Balaban J connectivity index is 1.79. The zero-order chi connectivity index (χ0) is 15.4. The van der Waals surface area contributed by atoms with E-state index in [1.807, 2.05) is 35.2 Å². The molecular weight excluding hydrogens is 280 g/mol. The van der Waals surface area contributed by atoms with Gasteiger partial charge < -0.3 is 15.4 Å². The maximum absolute atomic E-state index is 11.9. The third kappa shape index (κ3) is 3.52. The van der Waals surface area contributed by atoms with Gasteiger partial charge in [0.2, 0.25) is 5.95 Å². The standard InChI is InChI=1S/C16H20N4O2/c17-14(12-4-2-1-3-5-12)10-13-11-15(21)19-16(18-13)20-6-8-22-9-7-20/h1-5,11,14H,6-10,17H2,(H,18,19,21). The Morgan fingerprint density at radius 1 is 1.27 bits per heavy atom. The van der Waals surface area contributed by atoms with Crippen LogP contribution in [0.1, 0.15) is 17.3 Å². The molecule has 0 saturated carbocycles. The fourth-order valence-electron chi connectivity index (χ4n) is 2.57. The molecule has 0 amide bonds. The highest BCUT2D eigenvalue weighted by Gasteiger charge is 2.15. The lowest BCUT2D eigenvalue weighted by atomic mass is 10.0. The van der Waals surface area contributed by atoms with E-state index in [1.54, 1.807) is 0 Å². The van der Waals surface area contributed by atoms with Crippen molar-refractivity contribution in [2.45, 2.75) is 12.5 Å². The molecule has 116 valence electrons. The van der Waals surface area contributed by atoms with Gasteiger partial charge in [-0.05, 0) is 5.56 Å². The number of ether oxygens (including phenoxy) is 1. The number of nitrogens with one attached hydrogen (secondary N) is 1. The summed E-state index contributed by atoms with van der Waals surface area (Å²) in [6.45, 7) is 2.77. The molecule has 2 heterocycles. The van der Waals surface area contributed by atoms with Crippen LogP contribution in [0.5, 0.6) is 0 Å². The smallest absolute Gasteiger partial charge is 0.252 e. The number of hydrogen-bond acceptors (Lipinski definition) is 5. The zero-order valence-corrected chi connectivity index (χ0v) is 12.4. The van der Waals surface area contributed by atoms with E-state index in [-0.39, 0.29) is 11.6 Å². The largest absolute Gasteiger partial charge is 0.378 e. The highest BCUT2D eigenvalue weighted by molar-refractivity contribution is 5.31. The Bertz CT molecular complexity index is 665. The SMILES string of the molecule is NC(Cc1cc(=O)[nH]c(N2CCOCC2)n1)c1ccccc1. The van der Waals surface area contributed by atoms with Crippen molar-refractivity contribution in [3.05, 3.63) is 58.0 Å². The highest BCUT2D eigenvalue weighted by atomic mass is 16.5. The zero-order valence-electron chi connectivity index (χ0n) is 12.4. The van der Waals surface area contributed by atoms with Crippen LogP contribution in [0.4, 0.5) is 5.95 Å². The fourth-order valence-corrected chi connectivity index (χ4v) is 2.57. The lowest BCUT2D eigenvalue weighted by Gasteiger charge is -2.27. The molecule has 1 aromatic heterocycles. The summed E-state index contributed by atoms with van der Waals surface area (Å²) in [5.41, 5.74) is 7.82. The van der Waals surface area contributed by atoms with E-state index in [4.69, 9.17) is 10.5 Å². The monoisotopic (exact) mass is 300 g/mol. The predicted molar refractivity (Wildman–Crippen MR) is 85.0 cm³/mol. The minimum atomic E-state index is -0.173. The third-order valence-electron chi connectivity index (χ3n) is 3.75. The molecule has 1 fully saturated rings. The molecule has 0 aliphatic carbocycles. The van der Waals surface area contributed by atoms with Gasteiger partial charge in [0.05, 0.1) is 18.9 Å². The van der Waals surface area contributed by atoms with Gasteiger partial charge in [0.1, 0.15) is 0 Å². The normalized spacial score (nSPS) is 16.5. The average molecular weight is 300 g/mol. The summed E-state index contributed by atoms with van der Waals surface area (Å²) < 4.78 is 5.32. The van der Waals surface area contributed by atoms with E-state index in [9.17, 15) is 4.79 Å². The molecule has 1 aliphatic heterocycles. The minimum Gasteiger partial charge on any atom is -0.378 e. The Kier molecular flexibility index (Phi) is 4.50. The molecule has 3 N–H and O–H groups in total. The van der Waals surface area contributed by atoms with Crippen molar-refractivity contribution in [1.82, 2.24) is 9.97 Å². The summed E-state index contributed by atoms with van der Waals surface area (Å²) in [6.07, 6.45) is 0.533. The molecule has 0 radical (unpaired) electrons. The first kappa shape index (κ1) is 14.7. The van der Waals surface area contributed by atoms with E-state index in [2.05, 4.69) is 9.97 Å². The van der Waals surface area contributed by atoms with E-state index >= 15 is 0 Å². The van der Waals surface area contributed by atoms with Gasteiger partial charge in [-0.15, -0.1) is 0 Å². The summed E-state index contributed by atoms with van der Waals surface area (Å²) in [4.78, 5) is 21.3. The van der Waals surface area contributed by atoms with Gasteiger partial charge in [0.25, 0.3) is 5.56 Å². The van der Waals surface area contributed by atoms with Crippen LogP contribution in [0.15, 0.2) is 41.2 Å². The van der Waals surface area contributed by atoms with E-state index in [0.717, 1.165) is 18.7 Å². The van der Waals surface area contributed by atoms with Crippen molar-refractivity contribution in [2.75, 3.05) is 31.2 Å². The molecule has 0 spiro atoms. The van der Waals surface area contributed by atoms with Crippen molar-refractivity contribution in [3.8, 4) is 0 Å². The maximum Gasteiger partial charge on any atom is 0.252 e. The molecule has 22 heavy (non-hydrogen) atoms. The van der Waals surface area contributed by atoms with Crippen LogP contribution in [0.25, 0.3) is 0 Å². The van der Waals surface area contributed by atoms with Gasteiger partial charge in [0.15, 0.2) is 0 Å². The van der Waals surface area contributed by atoms with Crippen LogP contribution in [0, 0.1) is 0 Å². The number of aromatic amines is 1. The van der Waals surface area contributed by atoms with Crippen LogP contribution < -0.4 is 16.2 Å². The van der Waals surface area contributed by atoms with Crippen LogP contribution in [0.2, 0.25) is 0 Å². The molecule has 1 aromatic carbocycles. The third-order valence-corrected chi connectivity index (χ3v) is 3.75. The van der Waals surface area contributed by atoms with Crippen molar-refractivity contribution in [1.29, 1.82) is 0 Å². The van der Waals surface area contributed by atoms with E-state index in [0.29, 0.717) is 31.3 Å². The number of H-pyrrole nitrogens is 1. The first-order valence-corrected chi connectivity index (χ1v) is 7.46. The number of rotatable bonds is 4. The van der Waals surface area contributed by atoms with E-state index < -0.39 is 0 Å². The molecule has 1 unspecified atom stereocenters. The molecule has 1 aliphatic rings. The highest BCUT2D eigenvalue weighted by Crippen LogP contribution is 2.15. The lowest BCUT2D eigenvalue weighted by Crippen LogP contribution is -2.38. The minimum absolute atomic E-state index is 0.147. The average Bonchev–Trinajstić information content (AvgIpc) is 2.56. The van der Waals surface area contributed by atoms with Crippen molar-refractivity contribution in [3.63, 3.8) is 0 Å². The van der Waals surface area contributed by atoms with E-state index in [1.165, 1.54) is 6.07 Å². The Morgan fingerprint density at radius 2 is 2.00 bits per heavy atom. The number of nitrogens with zero attached hydrogens (tertiary/aromatic N) is 2. The molecular formula is C16H20N4O2. The summed E-state index contributed by atoms with van der Waals surface area (Å²) >= 11 is 0. The summed E-state index contributed by atoms with van der Waals surface area (Å²) in [5.74, 6) is 0.603. The van der Waals surface area contributed by atoms with Gasteiger partial charge in [-0.25, -0.2) is 4.98 Å². The number of benzene rings is 1. The maximum atomic E-state index is 11.9. The number of anilines is 1. The number of morpholine rings is 1. The van der Waals surface area contributed by atoms with Gasteiger partial charge in [-0.3, -0.25) is 9.78 Å². The topological polar surface area (TPSA) is 84.2 Å². The fraction of sp³-hybridized carbons (Fsp3) is 0.375. The first-order valence-electron chi connectivity index (χ1n) is 7.46. The summed E-state index contributed by atoms with van der Waals surface area (Å²) in [5, 5.41) is 0. The molecule has 3 rings (SSSR count). The van der Waals surface area contributed by atoms with Gasteiger partial charge in [-0.2, -0.15) is 0 Å². The quantitative estimate of drug-likeness (QED) is 0.874. The summed E-state index contributed by atoms with van der Waals surface area (Å²) in [7, 11) is 0. The van der Waals surface area contributed by atoms with Crippen LogP contribution in [-0.2, 0) is 11.2 Å². The van der Waals surface area contributed by atoms with Crippen LogP contribution in [0.3, 0.4) is 0 Å². The van der Waals surface area contributed by atoms with Crippen LogP contribution >= 0.6 is 0 Å². The molecule has 6 nitrogen and oxygen atoms in total. The van der Waals surface area contributed by atoms with Gasteiger partial charge >= 0.3 is 0 Å². The second-order valence-corrected chi connectivity index (χ2v) is 5.38. The predicted octanol–water partition coefficient (Wildman–Crippen LogP) is 0.849. The second-order valence-electron chi connectivity index (χ2n) is 5.38. The molecule has 2 aromatic rings. The van der Waals surface area contributed by atoms with Gasteiger partial charge in [0, 0.05) is 31.6 Å². The van der Waals surface area contributed by atoms with Gasteiger partial charge in [-0.1, -0.05) is 30.3 Å². The Labute approximate surface area is 128 Å². The first-order chi connectivity index (χ1) is 10.7. The Hall–Kier alpha value is -2.18. The lowest BCUT2D eigenvalue weighted by molar-refractivity contribution is 0.122. The molecule has 1 atom stereocenters. The van der Waals surface area contributed by atoms with Crippen molar-refractivity contribution in [2.24, 2.45) is 5.73 Å². The van der Waals surface area contributed by atoms with Crippen molar-refractivity contribution >= 4 is 5.95 Å². The molecule has 1 saturated heterocycles. The van der Waals surface area contributed by atoms with Crippen LogP contribution in [-0.4, -0.2) is 36.3 Å². The summed E-state index contributed by atoms with van der Waals surface area (Å²) in [6, 6.07) is 11.2. The number of aromatic nitrogens is 2. The number of hydrogen-bond donors (Lipinski definition) is 2. The molecule has 0 bridgehead atoms. The number of nitrogens with two attached hydrogens (primary N) is 1. The second kappa shape index (κ2) is 6.72. The molecule has 6 heteroatoms.